The van der Waals surface area contributed by atoms with Gasteiger partial charge >= 0.3 is 0 Å². The van der Waals surface area contributed by atoms with Crippen LogP contribution in [0.15, 0.2) is 137 Å². The number of nitrogens with zero attached hydrogens (tertiary/aromatic N) is 5. The summed E-state index contributed by atoms with van der Waals surface area (Å²) in [5, 5.41) is 28.5. The minimum Gasteiger partial charge on any atom is -0.309 e. The van der Waals surface area contributed by atoms with Crippen molar-refractivity contribution in [3.8, 4) is 50.1 Å². The lowest BCUT2D eigenvalue weighted by molar-refractivity contribution is 0.943. The van der Waals surface area contributed by atoms with E-state index in [1.165, 1.54) is 49.4 Å². The molecule has 0 N–H and O–H groups in total. The molecule has 0 spiro atoms. The van der Waals surface area contributed by atoms with E-state index in [0.717, 1.165) is 63.5 Å². The van der Waals surface area contributed by atoms with Crippen LogP contribution in [-0.2, 0) is 6.42 Å². The molecule has 224 valence electrons. The molecule has 2 heterocycles. The first-order valence-electron chi connectivity index (χ1n) is 15.5. The zero-order valence-corrected chi connectivity index (χ0v) is 27.0. The van der Waals surface area contributed by atoms with Crippen LogP contribution in [0.25, 0.3) is 71.9 Å². The van der Waals surface area contributed by atoms with Crippen molar-refractivity contribution in [2.24, 2.45) is 0 Å². The maximum Gasteiger partial charge on any atom is 0.145 e. The Hall–Kier alpha value is -5.86. The van der Waals surface area contributed by atoms with Gasteiger partial charge in [-0.25, -0.2) is 9.97 Å². The molecule has 5 nitrogen and oxygen atoms in total. The number of benzene rings is 6. The standard InChI is InChI=1S/C41H23N5S2/c42-23-47-40-41(48-24-43)45-39-34-21-18-28(30-8-5-9-33(37(30)34)38(39)44-40)22-25-12-14-26(15-13-25)27-16-19-29(20-17-27)46-35-10-3-1-6-31(35)32-7-2-4-11-36(32)46/h1-21H,22H2. The highest BCUT2D eigenvalue weighted by Crippen LogP contribution is 2.48. The van der Waals surface area contributed by atoms with E-state index in [9.17, 15) is 10.5 Å². The van der Waals surface area contributed by atoms with Crippen LogP contribution >= 0.6 is 23.5 Å². The van der Waals surface area contributed by atoms with Crippen molar-refractivity contribution in [1.29, 1.82) is 10.5 Å². The summed E-state index contributed by atoms with van der Waals surface area (Å²) in [5.41, 5.74) is 11.9. The Bertz CT molecular complexity index is 2560. The predicted molar refractivity (Wildman–Crippen MR) is 196 cm³/mol. The van der Waals surface area contributed by atoms with Gasteiger partial charge in [-0.3, -0.25) is 0 Å². The SMILES string of the molecule is N#CSc1nc2c(nc1SC#N)-c1ccc(Cc3ccc(-c4ccc(-n5c6ccccc6c6ccccc65)cc4)cc3)c3cccc-2c13. The molecule has 9 rings (SSSR count). The van der Waals surface area contributed by atoms with Crippen LogP contribution in [0.1, 0.15) is 11.1 Å². The Balaban J connectivity index is 1.02. The van der Waals surface area contributed by atoms with E-state index in [0.29, 0.717) is 10.1 Å². The molecule has 0 saturated carbocycles. The summed E-state index contributed by atoms with van der Waals surface area (Å²) in [6.07, 6.45) is 0.787. The first-order valence-corrected chi connectivity index (χ1v) is 17.1. The molecule has 2 aromatic heterocycles. The molecular weight excluding hydrogens is 627 g/mol. The Labute approximate surface area is 285 Å². The topological polar surface area (TPSA) is 78.3 Å². The number of fused-ring (bicyclic) bond motifs is 6. The Morgan fingerprint density at radius 1 is 0.542 bits per heavy atom. The second-order valence-electron chi connectivity index (χ2n) is 11.7. The molecule has 0 atom stereocenters. The Morgan fingerprint density at radius 3 is 1.69 bits per heavy atom. The van der Waals surface area contributed by atoms with Crippen LogP contribution < -0.4 is 0 Å². The Kier molecular flexibility index (Phi) is 6.76. The molecule has 8 aromatic rings. The lowest BCUT2D eigenvalue weighted by Crippen LogP contribution is -1.94. The molecule has 1 aliphatic rings. The number of rotatable bonds is 6. The van der Waals surface area contributed by atoms with Crippen LogP contribution in [0.2, 0.25) is 0 Å². The van der Waals surface area contributed by atoms with Crippen molar-refractivity contribution in [1.82, 2.24) is 14.5 Å². The number of nitriles is 2. The van der Waals surface area contributed by atoms with E-state index in [1.54, 1.807) is 0 Å². The lowest BCUT2D eigenvalue weighted by Gasteiger charge is -2.11. The highest BCUT2D eigenvalue weighted by Gasteiger charge is 2.27. The number of thioether (sulfide) groups is 2. The highest BCUT2D eigenvalue weighted by atomic mass is 32.2. The average Bonchev–Trinajstić information content (AvgIpc) is 3.63. The van der Waals surface area contributed by atoms with E-state index in [-0.39, 0.29) is 0 Å². The van der Waals surface area contributed by atoms with Crippen LogP contribution in [0.5, 0.6) is 0 Å². The molecule has 6 aromatic carbocycles. The minimum atomic E-state index is 0.467. The molecule has 0 amide bonds. The average molecular weight is 650 g/mol. The van der Waals surface area contributed by atoms with Gasteiger partial charge in [0.15, 0.2) is 0 Å². The minimum absolute atomic E-state index is 0.467. The van der Waals surface area contributed by atoms with Crippen molar-refractivity contribution in [2.45, 2.75) is 16.5 Å². The monoisotopic (exact) mass is 649 g/mol. The van der Waals surface area contributed by atoms with Crippen molar-refractivity contribution < 1.29 is 0 Å². The predicted octanol–water partition coefficient (Wildman–Crippen LogP) is 10.8. The van der Waals surface area contributed by atoms with E-state index in [4.69, 9.17) is 9.97 Å². The largest absolute Gasteiger partial charge is 0.309 e. The molecule has 48 heavy (non-hydrogen) atoms. The summed E-state index contributed by atoms with van der Waals surface area (Å²) >= 11 is 1.88. The van der Waals surface area contributed by atoms with Gasteiger partial charge in [0.05, 0.1) is 22.4 Å². The van der Waals surface area contributed by atoms with E-state index >= 15 is 0 Å². The third-order valence-corrected chi connectivity index (χ3v) is 10.4. The number of para-hydroxylation sites is 2. The quantitative estimate of drug-likeness (QED) is 0.132. The van der Waals surface area contributed by atoms with Gasteiger partial charge in [-0.1, -0.05) is 103 Å². The normalized spacial score (nSPS) is 11.5. The molecule has 0 bridgehead atoms. The van der Waals surface area contributed by atoms with Gasteiger partial charge < -0.3 is 4.57 Å². The first-order chi connectivity index (χ1) is 23.7. The van der Waals surface area contributed by atoms with Gasteiger partial charge in [0.1, 0.15) is 20.9 Å². The zero-order valence-electron chi connectivity index (χ0n) is 25.4. The fourth-order valence-electron chi connectivity index (χ4n) is 7.05. The number of thiocyanates is 2. The highest BCUT2D eigenvalue weighted by molar-refractivity contribution is 8.06. The maximum atomic E-state index is 9.31. The molecule has 0 aliphatic heterocycles. The van der Waals surface area contributed by atoms with Gasteiger partial charge in [-0.05, 0) is 58.3 Å². The lowest BCUT2D eigenvalue weighted by atomic mass is 9.94. The second-order valence-corrected chi connectivity index (χ2v) is 13.3. The molecule has 0 fully saturated rings. The van der Waals surface area contributed by atoms with E-state index in [2.05, 4.69) is 143 Å². The van der Waals surface area contributed by atoms with Gasteiger partial charge in [0, 0.05) is 56.5 Å². The van der Waals surface area contributed by atoms with Crippen molar-refractivity contribution in [3.05, 3.63) is 139 Å². The zero-order chi connectivity index (χ0) is 32.2. The molecule has 0 saturated heterocycles. The maximum absolute atomic E-state index is 9.31. The fourth-order valence-corrected chi connectivity index (χ4v) is 8.02. The Morgan fingerprint density at radius 2 is 1.08 bits per heavy atom. The molecule has 7 heteroatoms. The van der Waals surface area contributed by atoms with Crippen molar-refractivity contribution in [3.63, 3.8) is 0 Å². The van der Waals surface area contributed by atoms with Crippen molar-refractivity contribution in [2.75, 3.05) is 0 Å². The van der Waals surface area contributed by atoms with E-state index in [1.807, 2.05) is 0 Å². The first kappa shape index (κ1) is 28.4. The summed E-state index contributed by atoms with van der Waals surface area (Å²) in [4.78, 5) is 9.61. The molecule has 0 radical (unpaired) electrons. The summed E-state index contributed by atoms with van der Waals surface area (Å²) in [7, 11) is 0. The van der Waals surface area contributed by atoms with Crippen molar-refractivity contribution >= 4 is 56.1 Å². The van der Waals surface area contributed by atoms with Crippen LogP contribution in [-0.4, -0.2) is 14.5 Å². The number of hydrogen-bond donors (Lipinski definition) is 0. The smallest absolute Gasteiger partial charge is 0.145 e. The molecule has 1 aliphatic carbocycles. The fraction of sp³-hybridized carbons (Fsp3) is 0.0244. The van der Waals surface area contributed by atoms with Gasteiger partial charge in [0.25, 0.3) is 0 Å². The van der Waals surface area contributed by atoms with Crippen LogP contribution in [0.4, 0.5) is 0 Å². The third-order valence-electron chi connectivity index (χ3n) is 9.15. The third kappa shape index (κ3) is 4.48. The summed E-state index contributed by atoms with van der Waals surface area (Å²) in [5.74, 6) is 0. The molecule has 0 unspecified atom stereocenters. The van der Waals surface area contributed by atoms with Crippen LogP contribution in [0, 0.1) is 21.3 Å². The summed E-state index contributed by atoms with van der Waals surface area (Å²) in [6, 6.07) is 45.4. The second kappa shape index (κ2) is 11.4. The van der Waals surface area contributed by atoms with Gasteiger partial charge in [-0.2, -0.15) is 10.5 Å². The van der Waals surface area contributed by atoms with Crippen LogP contribution in [0.3, 0.4) is 0 Å². The van der Waals surface area contributed by atoms with E-state index < -0.39 is 0 Å². The summed E-state index contributed by atoms with van der Waals surface area (Å²) in [6.45, 7) is 0. The van der Waals surface area contributed by atoms with Gasteiger partial charge in [0.2, 0.25) is 0 Å². The number of aromatic nitrogens is 3. The van der Waals surface area contributed by atoms with Gasteiger partial charge in [-0.15, -0.1) is 0 Å². The summed E-state index contributed by atoms with van der Waals surface area (Å²) < 4.78 is 2.34. The number of hydrogen-bond acceptors (Lipinski definition) is 6. The molecular formula is C41H23N5S2.